The third-order valence-electron chi connectivity index (χ3n) is 4.99. The summed E-state index contributed by atoms with van der Waals surface area (Å²) in [5, 5.41) is 8.52. The summed E-state index contributed by atoms with van der Waals surface area (Å²) < 4.78 is 18.2. The lowest BCUT2D eigenvalue weighted by Crippen LogP contribution is -2.11. The molecule has 0 unspecified atom stereocenters. The molecule has 2 aromatic heterocycles. The maximum absolute atomic E-state index is 12.5. The monoisotopic (exact) mass is 451 g/mol. The number of methoxy groups -OCH3 is 2. The first-order valence-corrected chi connectivity index (χ1v) is 10.3. The van der Waals surface area contributed by atoms with Crippen molar-refractivity contribution in [2.75, 3.05) is 20.0 Å². The third kappa shape index (κ3) is 4.17. The summed E-state index contributed by atoms with van der Waals surface area (Å²) >= 11 is 5.41. The van der Waals surface area contributed by atoms with Gasteiger partial charge >= 0.3 is 0 Å². The molecule has 4 aromatic rings. The molecule has 2 N–H and O–H groups in total. The largest absolute Gasteiger partial charge is 0.493 e. The smallest absolute Gasteiger partial charge is 0.284 e. The molecule has 0 radical (unpaired) electrons. The number of aromatic nitrogens is 4. The van der Waals surface area contributed by atoms with Crippen molar-refractivity contribution in [1.82, 2.24) is 19.7 Å². The van der Waals surface area contributed by atoms with Crippen molar-refractivity contribution in [3.8, 4) is 23.0 Å². The van der Waals surface area contributed by atoms with Crippen molar-refractivity contribution in [2.24, 2.45) is 0 Å². The van der Waals surface area contributed by atoms with Crippen LogP contribution in [0, 0.1) is 4.77 Å². The highest BCUT2D eigenvalue weighted by molar-refractivity contribution is 7.71. The van der Waals surface area contributed by atoms with Crippen LogP contribution in [0.1, 0.15) is 23.5 Å². The van der Waals surface area contributed by atoms with Crippen LogP contribution in [0.3, 0.4) is 0 Å². The Kier molecular flexibility index (Phi) is 6.13. The van der Waals surface area contributed by atoms with Crippen LogP contribution in [0.2, 0.25) is 0 Å². The maximum Gasteiger partial charge on any atom is 0.284 e. The van der Waals surface area contributed by atoms with Crippen LogP contribution in [0.4, 0.5) is 5.82 Å². The average Bonchev–Trinajstić information content (AvgIpc) is 3.31. The normalized spacial score (nSPS) is 10.9. The van der Waals surface area contributed by atoms with Gasteiger partial charge in [0.25, 0.3) is 5.89 Å². The Morgan fingerprint density at radius 3 is 2.56 bits per heavy atom. The zero-order valence-corrected chi connectivity index (χ0v) is 18.4. The van der Waals surface area contributed by atoms with E-state index in [9.17, 15) is 4.79 Å². The summed E-state index contributed by atoms with van der Waals surface area (Å²) in [6, 6.07) is 12.8. The first-order chi connectivity index (χ1) is 15.5. The van der Waals surface area contributed by atoms with E-state index in [0.717, 1.165) is 5.56 Å². The molecule has 0 aliphatic carbocycles. The molecule has 0 aliphatic heterocycles. The van der Waals surface area contributed by atoms with Gasteiger partial charge in [-0.15, -0.1) is 10.2 Å². The van der Waals surface area contributed by atoms with Crippen molar-refractivity contribution in [3.63, 3.8) is 0 Å². The van der Waals surface area contributed by atoms with Gasteiger partial charge in [-0.05, 0) is 36.8 Å². The van der Waals surface area contributed by atoms with Crippen LogP contribution in [-0.4, -0.2) is 39.8 Å². The fraction of sp³-hybridized carbons (Fsp3) is 0.227. The standard InChI is InChI=1S/C22H21N5O4S/c1-29-17-11-14-15(12-18(17)30-2)24-22(32)27(19(14)23)10-6-9-16(28)21-26-25-20(31-21)13-7-4-3-5-8-13/h3-5,7-8,11-12H,6,9-10,23H2,1-2H3. The number of rotatable bonds is 8. The third-order valence-corrected chi connectivity index (χ3v) is 5.30. The molecule has 0 saturated carbocycles. The highest BCUT2D eigenvalue weighted by atomic mass is 32.1. The zero-order chi connectivity index (χ0) is 22.7. The number of carbonyl (C=O) groups is 1. The molecule has 4 rings (SSSR count). The number of benzene rings is 2. The number of hydrogen-bond acceptors (Lipinski definition) is 9. The number of fused-ring (bicyclic) bond motifs is 1. The second-order valence-electron chi connectivity index (χ2n) is 6.96. The molecule has 0 amide bonds. The molecule has 0 aliphatic rings. The molecule has 2 heterocycles. The van der Waals surface area contributed by atoms with Crippen molar-refractivity contribution in [2.45, 2.75) is 19.4 Å². The van der Waals surface area contributed by atoms with Gasteiger partial charge in [-0.25, -0.2) is 4.98 Å². The number of carbonyl (C=O) groups excluding carboxylic acids is 1. The molecular weight excluding hydrogens is 430 g/mol. The van der Waals surface area contributed by atoms with E-state index in [-0.39, 0.29) is 18.1 Å². The van der Waals surface area contributed by atoms with Gasteiger partial charge in [0.2, 0.25) is 16.4 Å². The van der Waals surface area contributed by atoms with Gasteiger partial charge in [0.1, 0.15) is 5.82 Å². The van der Waals surface area contributed by atoms with E-state index in [1.54, 1.807) is 30.9 Å². The zero-order valence-electron chi connectivity index (χ0n) is 17.6. The number of ether oxygens (including phenoxy) is 2. The Hall–Kier alpha value is -3.79. The number of ketones is 1. The fourth-order valence-electron chi connectivity index (χ4n) is 3.33. The lowest BCUT2D eigenvalue weighted by molar-refractivity contribution is 0.0945. The Balaban J connectivity index is 1.49. The van der Waals surface area contributed by atoms with Crippen LogP contribution in [0.5, 0.6) is 11.5 Å². The average molecular weight is 452 g/mol. The first kappa shape index (κ1) is 21.4. The SMILES string of the molecule is COc1cc2nc(=S)n(CCCC(=O)c3nnc(-c4ccccc4)o3)c(N)c2cc1OC. The Labute approximate surface area is 188 Å². The van der Waals surface area contributed by atoms with E-state index in [4.69, 9.17) is 31.8 Å². The Morgan fingerprint density at radius 2 is 1.84 bits per heavy atom. The Morgan fingerprint density at radius 1 is 1.12 bits per heavy atom. The van der Waals surface area contributed by atoms with Crippen molar-refractivity contribution in [1.29, 1.82) is 0 Å². The van der Waals surface area contributed by atoms with Gasteiger partial charge in [0.05, 0.1) is 19.7 Å². The quantitative estimate of drug-likeness (QED) is 0.312. The van der Waals surface area contributed by atoms with E-state index in [1.807, 2.05) is 30.3 Å². The fourth-order valence-corrected chi connectivity index (χ4v) is 3.62. The summed E-state index contributed by atoms with van der Waals surface area (Å²) in [6.07, 6.45) is 0.669. The van der Waals surface area contributed by atoms with Crippen LogP contribution >= 0.6 is 12.2 Å². The lowest BCUT2D eigenvalue weighted by Gasteiger charge is -2.14. The van der Waals surface area contributed by atoms with Crippen molar-refractivity contribution < 1.29 is 18.7 Å². The molecule has 32 heavy (non-hydrogen) atoms. The number of nitrogen functional groups attached to an aromatic ring is 1. The molecule has 9 nitrogen and oxygen atoms in total. The summed E-state index contributed by atoms with van der Waals surface area (Å²) in [5.74, 6) is 1.57. The number of Topliss-reactive ketones (excluding diaryl/α,β-unsaturated/α-hetero) is 1. The number of anilines is 1. The molecule has 0 bridgehead atoms. The van der Waals surface area contributed by atoms with Crippen LogP contribution in [0.15, 0.2) is 46.9 Å². The van der Waals surface area contributed by atoms with Crippen LogP contribution in [-0.2, 0) is 6.54 Å². The molecule has 10 heteroatoms. The molecular formula is C22H21N5O4S. The predicted octanol–water partition coefficient (Wildman–Crippen LogP) is 4.08. The van der Waals surface area contributed by atoms with Crippen molar-refractivity contribution in [3.05, 3.63) is 53.1 Å². The highest BCUT2D eigenvalue weighted by Gasteiger charge is 2.17. The molecule has 0 spiro atoms. The van der Waals surface area contributed by atoms with E-state index in [0.29, 0.717) is 51.8 Å². The minimum atomic E-state index is -0.245. The number of nitrogens with zero attached hydrogens (tertiary/aromatic N) is 4. The topological polar surface area (TPSA) is 118 Å². The molecule has 164 valence electrons. The lowest BCUT2D eigenvalue weighted by atomic mass is 10.2. The maximum atomic E-state index is 12.5. The van der Waals surface area contributed by atoms with Gasteiger partial charge < -0.3 is 24.2 Å². The van der Waals surface area contributed by atoms with E-state index >= 15 is 0 Å². The van der Waals surface area contributed by atoms with Gasteiger partial charge in [-0.3, -0.25) is 4.79 Å². The summed E-state index contributed by atoms with van der Waals surface area (Å²) in [5.41, 5.74) is 7.73. The first-order valence-electron chi connectivity index (χ1n) is 9.86. The highest BCUT2D eigenvalue weighted by Crippen LogP contribution is 2.33. The molecule has 0 atom stereocenters. The van der Waals surface area contributed by atoms with E-state index in [1.165, 1.54) is 0 Å². The Bertz CT molecular complexity index is 1330. The molecule has 2 aromatic carbocycles. The van der Waals surface area contributed by atoms with E-state index < -0.39 is 0 Å². The van der Waals surface area contributed by atoms with E-state index in [2.05, 4.69) is 15.2 Å². The minimum Gasteiger partial charge on any atom is -0.493 e. The number of hydrogen-bond donors (Lipinski definition) is 1. The van der Waals surface area contributed by atoms with Crippen molar-refractivity contribution >= 4 is 34.7 Å². The van der Waals surface area contributed by atoms with Gasteiger partial charge in [0.15, 0.2) is 11.5 Å². The second-order valence-corrected chi connectivity index (χ2v) is 7.33. The number of nitrogens with two attached hydrogens (primary N) is 1. The summed E-state index contributed by atoms with van der Waals surface area (Å²) in [4.78, 5) is 17.0. The predicted molar refractivity (Wildman–Crippen MR) is 121 cm³/mol. The molecule has 0 fully saturated rings. The van der Waals surface area contributed by atoms with Gasteiger partial charge in [-0.1, -0.05) is 18.2 Å². The molecule has 0 saturated heterocycles. The summed E-state index contributed by atoms with van der Waals surface area (Å²) in [7, 11) is 3.10. The van der Waals surface area contributed by atoms with Crippen LogP contribution < -0.4 is 15.2 Å². The minimum absolute atomic E-state index is 0.0195. The second kappa shape index (κ2) is 9.15. The van der Waals surface area contributed by atoms with Gasteiger partial charge in [-0.2, -0.15) is 0 Å². The van der Waals surface area contributed by atoms with Crippen LogP contribution in [0.25, 0.3) is 22.4 Å². The summed E-state index contributed by atoms with van der Waals surface area (Å²) in [6.45, 7) is 0.410. The van der Waals surface area contributed by atoms with Gasteiger partial charge in [0, 0.05) is 30.0 Å².